The van der Waals surface area contributed by atoms with Gasteiger partial charge in [-0.15, -0.1) is 0 Å². The summed E-state index contributed by atoms with van der Waals surface area (Å²) in [4.78, 5) is 25.0. The van der Waals surface area contributed by atoms with Gasteiger partial charge in [-0.1, -0.05) is 19.8 Å². The highest BCUT2D eigenvalue weighted by Crippen LogP contribution is 2.69. The van der Waals surface area contributed by atoms with E-state index in [-0.39, 0.29) is 34.7 Å². The number of hydrogen-bond acceptors (Lipinski definition) is 4. The molecule has 30 heavy (non-hydrogen) atoms. The van der Waals surface area contributed by atoms with E-state index in [0.717, 1.165) is 51.4 Å². The summed E-state index contributed by atoms with van der Waals surface area (Å²) in [6.07, 6.45) is 11.4. The van der Waals surface area contributed by atoms with Crippen molar-refractivity contribution in [3.63, 3.8) is 0 Å². The highest BCUT2D eigenvalue weighted by molar-refractivity contribution is 5.75. The van der Waals surface area contributed by atoms with Gasteiger partial charge in [0.05, 0.1) is 11.0 Å². The topological polar surface area (TPSA) is 63.6 Å². The summed E-state index contributed by atoms with van der Waals surface area (Å²) >= 11 is 0. The molecule has 0 aromatic rings. The van der Waals surface area contributed by atoms with E-state index in [2.05, 4.69) is 6.92 Å². The molecule has 0 bridgehead atoms. The number of carbonyl (C=O) groups is 2. The van der Waals surface area contributed by atoms with E-state index < -0.39 is 11.0 Å². The van der Waals surface area contributed by atoms with Gasteiger partial charge in [-0.05, 0) is 96.8 Å². The van der Waals surface area contributed by atoms with Crippen molar-refractivity contribution in [2.75, 3.05) is 0 Å². The Hall–Kier alpha value is -0.900. The second kappa shape index (κ2) is 7.32. The van der Waals surface area contributed by atoms with Gasteiger partial charge in [0.1, 0.15) is 12.4 Å². The van der Waals surface area contributed by atoms with Crippen LogP contribution in [0.2, 0.25) is 0 Å². The lowest BCUT2D eigenvalue weighted by Crippen LogP contribution is -2.63. The Morgan fingerprint density at radius 3 is 2.43 bits per heavy atom. The first-order valence-electron chi connectivity index (χ1n) is 12.4. The zero-order valence-electron chi connectivity index (χ0n) is 19.7. The molecule has 4 aliphatic rings. The largest absolute Gasteiger partial charge is 0.462 e. The molecule has 0 saturated heterocycles. The molecule has 170 valence electrons. The van der Waals surface area contributed by atoms with Crippen LogP contribution in [0.15, 0.2) is 0 Å². The van der Waals surface area contributed by atoms with Crippen LogP contribution in [0.3, 0.4) is 0 Å². The van der Waals surface area contributed by atoms with Gasteiger partial charge in [0.2, 0.25) is 0 Å². The minimum Gasteiger partial charge on any atom is -0.462 e. The molecular formula is C26H42O4. The highest BCUT2D eigenvalue weighted by Gasteiger charge is 2.68. The number of esters is 1. The summed E-state index contributed by atoms with van der Waals surface area (Å²) in [6, 6.07) is 0. The van der Waals surface area contributed by atoms with Crippen molar-refractivity contribution in [1.29, 1.82) is 0 Å². The van der Waals surface area contributed by atoms with Crippen molar-refractivity contribution in [2.45, 2.75) is 111 Å². The van der Waals surface area contributed by atoms with Gasteiger partial charge in [-0.3, -0.25) is 4.79 Å². The van der Waals surface area contributed by atoms with Gasteiger partial charge in [0, 0.05) is 16.7 Å². The minimum absolute atomic E-state index is 0.162. The number of fused-ring (bicyclic) bond motifs is 5. The summed E-state index contributed by atoms with van der Waals surface area (Å²) in [5.41, 5.74) is -1.73. The molecule has 0 spiro atoms. The molecule has 8 atom stereocenters. The smallest absolute Gasteiger partial charge is 0.311 e. The molecule has 1 N–H and O–H groups in total. The van der Waals surface area contributed by atoms with Crippen molar-refractivity contribution in [3.05, 3.63) is 0 Å². The Balaban J connectivity index is 1.60. The zero-order valence-corrected chi connectivity index (χ0v) is 19.7. The van der Waals surface area contributed by atoms with Crippen LogP contribution in [0, 0.1) is 39.9 Å². The van der Waals surface area contributed by atoms with Crippen LogP contribution < -0.4 is 0 Å². The van der Waals surface area contributed by atoms with Crippen LogP contribution >= 0.6 is 0 Å². The van der Waals surface area contributed by atoms with E-state index in [1.165, 1.54) is 19.1 Å². The lowest BCUT2D eigenvalue weighted by atomic mass is 9.43. The Labute approximate surface area is 182 Å². The van der Waals surface area contributed by atoms with E-state index in [1.807, 2.05) is 27.7 Å². The van der Waals surface area contributed by atoms with Crippen LogP contribution in [0.5, 0.6) is 0 Å². The summed E-state index contributed by atoms with van der Waals surface area (Å²) < 4.78 is 5.91. The van der Waals surface area contributed by atoms with Gasteiger partial charge in [0.15, 0.2) is 0 Å². The molecule has 4 rings (SSSR count). The Bertz CT molecular complexity index is 696. The number of hydrogen-bond donors (Lipinski definition) is 1. The fourth-order valence-corrected chi connectivity index (χ4v) is 8.38. The van der Waals surface area contributed by atoms with E-state index in [1.54, 1.807) is 0 Å². The molecule has 4 aliphatic carbocycles. The molecule has 0 amide bonds. The lowest BCUT2D eigenvalue weighted by Gasteiger charge is -2.62. The normalized spacial score (nSPS) is 46.9. The second-order valence-electron chi connectivity index (χ2n) is 12.3. The molecule has 0 aliphatic heterocycles. The Kier molecular flexibility index (Phi) is 5.44. The Morgan fingerprint density at radius 2 is 1.77 bits per heavy atom. The van der Waals surface area contributed by atoms with Gasteiger partial charge in [-0.2, -0.15) is 0 Å². The van der Waals surface area contributed by atoms with Gasteiger partial charge < -0.3 is 14.6 Å². The van der Waals surface area contributed by atoms with Crippen LogP contribution in [0.25, 0.3) is 0 Å². The first-order chi connectivity index (χ1) is 14.0. The van der Waals surface area contributed by atoms with Crippen molar-refractivity contribution in [3.8, 4) is 0 Å². The number of rotatable bonds is 3. The third kappa shape index (κ3) is 3.03. The molecule has 0 aromatic heterocycles. The van der Waals surface area contributed by atoms with Gasteiger partial charge in [-0.25, -0.2) is 0 Å². The SMILES string of the molecule is CC(OC(=O)C(C)(C)C)[C@H]1CC[C@@]2(O)[C@@H]3CCC4CCCC[C@@]4(C=O)[C@H]3CC[C@]12C. The predicted molar refractivity (Wildman–Crippen MR) is 117 cm³/mol. The van der Waals surface area contributed by atoms with Crippen molar-refractivity contribution in [2.24, 2.45) is 39.9 Å². The first kappa shape index (κ1) is 22.3. The highest BCUT2D eigenvalue weighted by atomic mass is 16.5. The molecule has 4 fully saturated rings. The third-order valence-corrected chi connectivity index (χ3v) is 10.1. The molecule has 0 radical (unpaired) electrons. The molecular weight excluding hydrogens is 376 g/mol. The van der Waals surface area contributed by atoms with E-state index in [9.17, 15) is 14.7 Å². The number of aldehydes is 1. The van der Waals surface area contributed by atoms with Crippen molar-refractivity contribution >= 4 is 12.3 Å². The summed E-state index contributed by atoms with van der Waals surface area (Å²) in [7, 11) is 0. The summed E-state index contributed by atoms with van der Waals surface area (Å²) in [6.45, 7) is 9.93. The zero-order chi connectivity index (χ0) is 21.9. The number of ether oxygens (including phenoxy) is 1. The third-order valence-electron chi connectivity index (χ3n) is 10.1. The second-order valence-corrected chi connectivity index (χ2v) is 12.3. The van der Waals surface area contributed by atoms with Gasteiger partial charge in [0.25, 0.3) is 0 Å². The van der Waals surface area contributed by atoms with Gasteiger partial charge >= 0.3 is 5.97 Å². The summed E-state index contributed by atoms with van der Waals surface area (Å²) in [5.74, 6) is 1.04. The molecule has 0 aromatic carbocycles. The van der Waals surface area contributed by atoms with Crippen LogP contribution in [-0.4, -0.2) is 29.1 Å². The molecule has 4 nitrogen and oxygen atoms in total. The fraction of sp³-hybridized carbons (Fsp3) is 0.923. The number of aliphatic hydroxyl groups is 1. The van der Waals surface area contributed by atoms with Crippen LogP contribution in [0.4, 0.5) is 0 Å². The van der Waals surface area contributed by atoms with E-state index in [4.69, 9.17) is 4.74 Å². The van der Waals surface area contributed by atoms with Crippen LogP contribution in [-0.2, 0) is 14.3 Å². The maximum atomic E-state index is 12.5. The molecule has 0 heterocycles. The molecule has 2 unspecified atom stereocenters. The maximum absolute atomic E-state index is 12.5. The van der Waals surface area contributed by atoms with Crippen molar-refractivity contribution < 1.29 is 19.4 Å². The van der Waals surface area contributed by atoms with Crippen molar-refractivity contribution in [1.82, 2.24) is 0 Å². The monoisotopic (exact) mass is 418 g/mol. The predicted octanol–water partition coefficient (Wildman–Crippen LogP) is 5.31. The molecule has 4 saturated carbocycles. The maximum Gasteiger partial charge on any atom is 0.311 e. The minimum atomic E-state index is -0.749. The fourth-order valence-electron chi connectivity index (χ4n) is 8.38. The van der Waals surface area contributed by atoms with E-state index >= 15 is 0 Å². The Morgan fingerprint density at radius 1 is 1.03 bits per heavy atom. The molecule has 4 heteroatoms. The average Bonchev–Trinajstić information content (AvgIpc) is 2.98. The quantitative estimate of drug-likeness (QED) is 0.498. The lowest BCUT2D eigenvalue weighted by molar-refractivity contribution is -0.213. The average molecular weight is 419 g/mol. The number of carbonyl (C=O) groups excluding carboxylic acids is 2. The standard InChI is InChI=1S/C26H42O4/c1-17(30-22(28)23(2,3)4)19-12-15-26(29)21-10-9-18-8-6-7-13-25(18,16-27)20(21)11-14-24(19,26)5/h16-21,29H,6-15H2,1-5H3/t17?,18?,19-,20+,21-,24-,25+,26-/m1/s1. The van der Waals surface area contributed by atoms with Crippen LogP contribution in [0.1, 0.15) is 98.8 Å². The summed E-state index contributed by atoms with van der Waals surface area (Å²) in [5, 5.41) is 12.2. The van der Waals surface area contributed by atoms with E-state index in [0.29, 0.717) is 11.8 Å². The first-order valence-corrected chi connectivity index (χ1v) is 12.4.